The second-order valence-corrected chi connectivity index (χ2v) is 5.25. The van der Waals surface area contributed by atoms with Crippen molar-refractivity contribution in [3.8, 4) is 0 Å². The molecule has 0 spiro atoms. The van der Waals surface area contributed by atoms with Gasteiger partial charge in [-0.1, -0.05) is 13.8 Å². The molecule has 0 unspecified atom stereocenters. The lowest BCUT2D eigenvalue weighted by Gasteiger charge is -2.08. The molecule has 0 amide bonds. The van der Waals surface area contributed by atoms with Crippen LogP contribution in [0.2, 0.25) is 0 Å². The van der Waals surface area contributed by atoms with Gasteiger partial charge < -0.3 is 0 Å². The van der Waals surface area contributed by atoms with Crippen LogP contribution in [0.5, 0.6) is 0 Å². The van der Waals surface area contributed by atoms with E-state index in [0.717, 1.165) is 17.9 Å². The van der Waals surface area contributed by atoms with Gasteiger partial charge in [0.1, 0.15) is 0 Å². The van der Waals surface area contributed by atoms with Crippen LogP contribution >= 0.6 is 0 Å². The van der Waals surface area contributed by atoms with Gasteiger partial charge in [0.15, 0.2) is 14.9 Å². The van der Waals surface area contributed by atoms with E-state index in [1.54, 1.807) is 6.07 Å². The average molecular weight is 212 g/mol. The van der Waals surface area contributed by atoms with E-state index in [2.05, 4.69) is 4.98 Å². The number of aromatic nitrogens is 1. The van der Waals surface area contributed by atoms with Crippen molar-refractivity contribution in [3.05, 3.63) is 29.8 Å². The van der Waals surface area contributed by atoms with Crippen molar-refractivity contribution in [1.82, 2.24) is 4.98 Å². The molecule has 0 atom stereocenters. The Labute approximate surface area is 85.1 Å². The Morgan fingerprint density at radius 3 is 2.64 bits per heavy atom. The van der Waals surface area contributed by atoms with Gasteiger partial charge in [-0.25, -0.2) is 13.4 Å². The highest BCUT2D eigenvalue weighted by Gasteiger charge is 2.11. The summed E-state index contributed by atoms with van der Waals surface area (Å²) in [5.74, 6) is 1.16. The molecule has 0 aliphatic heterocycles. The summed E-state index contributed by atoms with van der Waals surface area (Å²) in [4.78, 5) is 3.83. The third-order valence-electron chi connectivity index (χ3n) is 2.14. The van der Waals surface area contributed by atoms with E-state index in [0.29, 0.717) is 0 Å². The standard InChI is InChI=1S/C10H14NO2S/c1-4-8(2)9-5-6-11-10(7-9)14(3,12)13/h5-7H,4H2,1-3H3. The van der Waals surface area contributed by atoms with Gasteiger partial charge in [0, 0.05) is 18.4 Å². The van der Waals surface area contributed by atoms with Crippen LogP contribution in [0.1, 0.15) is 25.8 Å². The first-order valence-corrected chi connectivity index (χ1v) is 6.33. The summed E-state index contributed by atoms with van der Waals surface area (Å²) in [5, 5.41) is 0.141. The van der Waals surface area contributed by atoms with Crippen LogP contribution in [0.25, 0.3) is 0 Å². The number of pyridine rings is 1. The van der Waals surface area contributed by atoms with Crippen LogP contribution in [0.15, 0.2) is 23.4 Å². The summed E-state index contributed by atoms with van der Waals surface area (Å²) >= 11 is 0. The normalized spacial score (nSPS) is 12.0. The fraction of sp³-hybridized carbons (Fsp3) is 0.400. The van der Waals surface area contributed by atoms with Crippen molar-refractivity contribution in [3.63, 3.8) is 0 Å². The number of rotatable bonds is 3. The van der Waals surface area contributed by atoms with Gasteiger partial charge in [0.05, 0.1) is 0 Å². The molecule has 3 nitrogen and oxygen atoms in total. The molecule has 4 heteroatoms. The fourth-order valence-electron chi connectivity index (χ4n) is 1.08. The quantitative estimate of drug-likeness (QED) is 0.768. The number of nitrogens with zero attached hydrogens (tertiary/aromatic N) is 1. The van der Waals surface area contributed by atoms with E-state index in [9.17, 15) is 8.42 Å². The van der Waals surface area contributed by atoms with Crippen LogP contribution in [-0.4, -0.2) is 19.7 Å². The van der Waals surface area contributed by atoms with E-state index in [-0.39, 0.29) is 5.03 Å². The Morgan fingerprint density at radius 1 is 1.50 bits per heavy atom. The highest BCUT2D eigenvalue weighted by Crippen LogP contribution is 2.18. The van der Waals surface area contributed by atoms with E-state index in [4.69, 9.17) is 0 Å². The van der Waals surface area contributed by atoms with E-state index < -0.39 is 9.84 Å². The summed E-state index contributed by atoms with van der Waals surface area (Å²) in [5.41, 5.74) is 0.947. The highest BCUT2D eigenvalue weighted by atomic mass is 32.2. The Bertz CT molecular complexity index is 412. The first-order valence-electron chi connectivity index (χ1n) is 4.44. The van der Waals surface area contributed by atoms with Gasteiger partial charge in [-0.05, 0) is 24.1 Å². The van der Waals surface area contributed by atoms with Gasteiger partial charge in [-0.2, -0.15) is 0 Å². The zero-order valence-electron chi connectivity index (χ0n) is 8.61. The van der Waals surface area contributed by atoms with Crippen molar-refractivity contribution in [2.45, 2.75) is 25.3 Å². The first kappa shape index (κ1) is 11.2. The lowest BCUT2D eigenvalue weighted by molar-refractivity contribution is 0.598. The largest absolute Gasteiger partial charge is 0.245 e. The van der Waals surface area contributed by atoms with Gasteiger partial charge in [-0.15, -0.1) is 0 Å². The fourth-order valence-corrected chi connectivity index (χ4v) is 1.68. The number of sulfone groups is 1. The minimum atomic E-state index is -3.19. The van der Waals surface area contributed by atoms with Gasteiger partial charge in [0.25, 0.3) is 0 Å². The predicted molar refractivity (Wildman–Crippen MR) is 55.7 cm³/mol. The molecule has 0 bridgehead atoms. The van der Waals surface area contributed by atoms with E-state index in [1.807, 2.05) is 19.9 Å². The molecular formula is C10H14NO2S. The molecule has 1 radical (unpaired) electrons. The minimum Gasteiger partial charge on any atom is -0.245 e. The Kier molecular flexibility index (Phi) is 3.26. The maximum atomic E-state index is 11.2. The van der Waals surface area contributed by atoms with Crippen molar-refractivity contribution in [2.24, 2.45) is 0 Å². The van der Waals surface area contributed by atoms with Crippen molar-refractivity contribution in [1.29, 1.82) is 0 Å². The molecule has 0 aromatic carbocycles. The molecule has 1 heterocycles. The maximum Gasteiger partial charge on any atom is 0.192 e. The average Bonchev–Trinajstić information content (AvgIpc) is 2.15. The van der Waals surface area contributed by atoms with Crippen LogP contribution in [0.3, 0.4) is 0 Å². The SMILES string of the molecule is CC[C](C)c1ccnc(S(C)(=O)=O)c1. The van der Waals surface area contributed by atoms with Crippen molar-refractivity contribution < 1.29 is 8.42 Å². The number of hydrogen-bond donors (Lipinski definition) is 0. The molecule has 14 heavy (non-hydrogen) atoms. The summed E-state index contributed by atoms with van der Waals surface area (Å²) in [6.07, 6.45) is 3.61. The second-order valence-electron chi connectivity index (χ2n) is 3.29. The van der Waals surface area contributed by atoms with Gasteiger partial charge in [0.2, 0.25) is 0 Å². The third-order valence-corrected chi connectivity index (χ3v) is 3.12. The zero-order valence-corrected chi connectivity index (χ0v) is 9.43. The Hall–Kier alpha value is -0.900. The lowest BCUT2D eigenvalue weighted by Crippen LogP contribution is -2.02. The summed E-state index contributed by atoms with van der Waals surface area (Å²) < 4.78 is 22.4. The number of hydrogen-bond acceptors (Lipinski definition) is 3. The second kappa shape index (κ2) is 4.09. The van der Waals surface area contributed by atoms with E-state index >= 15 is 0 Å². The Morgan fingerprint density at radius 2 is 2.14 bits per heavy atom. The maximum absolute atomic E-state index is 11.2. The third kappa shape index (κ3) is 2.54. The molecule has 77 valence electrons. The van der Waals surface area contributed by atoms with Gasteiger partial charge in [-0.3, -0.25) is 0 Å². The van der Waals surface area contributed by atoms with Crippen molar-refractivity contribution in [2.75, 3.05) is 6.26 Å². The summed E-state index contributed by atoms with van der Waals surface area (Å²) in [6, 6.07) is 3.45. The topological polar surface area (TPSA) is 47.0 Å². The summed E-state index contributed by atoms with van der Waals surface area (Å²) in [6.45, 7) is 4.03. The summed E-state index contributed by atoms with van der Waals surface area (Å²) in [7, 11) is -3.19. The molecule has 0 fully saturated rings. The van der Waals surface area contributed by atoms with Crippen LogP contribution in [0.4, 0.5) is 0 Å². The first-order chi connectivity index (χ1) is 6.45. The zero-order chi connectivity index (χ0) is 10.8. The molecule has 1 rings (SSSR count). The van der Waals surface area contributed by atoms with Crippen LogP contribution in [-0.2, 0) is 9.84 Å². The molecule has 1 aromatic heterocycles. The van der Waals surface area contributed by atoms with Crippen LogP contribution in [0, 0.1) is 5.92 Å². The molecule has 0 saturated carbocycles. The monoisotopic (exact) mass is 212 g/mol. The smallest absolute Gasteiger partial charge is 0.192 e. The molecule has 0 N–H and O–H groups in total. The molecular weight excluding hydrogens is 198 g/mol. The van der Waals surface area contributed by atoms with Crippen molar-refractivity contribution >= 4 is 9.84 Å². The lowest BCUT2D eigenvalue weighted by atomic mass is 10.0. The van der Waals surface area contributed by atoms with Crippen LogP contribution < -0.4 is 0 Å². The highest BCUT2D eigenvalue weighted by molar-refractivity contribution is 7.90. The Balaban J connectivity index is 3.14. The molecule has 0 saturated heterocycles. The predicted octanol–water partition coefficient (Wildman–Crippen LogP) is 1.84. The molecule has 1 aromatic rings. The van der Waals surface area contributed by atoms with E-state index in [1.165, 1.54) is 12.5 Å². The minimum absolute atomic E-state index is 0.141. The molecule has 0 aliphatic rings. The molecule has 0 aliphatic carbocycles. The van der Waals surface area contributed by atoms with Gasteiger partial charge >= 0.3 is 0 Å².